The number of aryl methyl sites for hydroxylation is 1. The Bertz CT molecular complexity index is 381. The molecule has 1 saturated heterocycles. The molecule has 0 radical (unpaired) electrons. The maximum Gasteiger partial charge on any atom is 0.120 e. The number of rotatable bonds is 2. The third-order valence-electron chi connectivity index (χ3n) is 4.00. The fourth-order valence-electron chi connectivity index (χ4n) is 2.62. The molecular weight excluding hydrogens is 210 g/mol. The molecule has 0 aliphatic carbocycles. The number of phenolic OH excluding ortho intramolecular Hbond substituents is 1. The number of hydrogen-bond acceptors (Lipinski definition) is 2. The van der Waals surface area contributed by atoms with Gasteiger partial charge in [-0.05, 0) is 51.8 Å². The lowest BCUT2D eigenvalue weighted by molar-refractivity contribution is 0.145. The van der Waals surface area contributed by atoms with Crippen LogP contribution in [0, 0.1) is 12.8 Å². The van der Waals surface area contributed by atoms with E-state index < -0.39 is 0 Å². The van der Waals surface area contributed by atoms with Crippen molar-refractivity contribution < 1.29 is 5.11 Å². The molecule has 1 aromatic carbocycles. The number of benzene rings is 1. The molecule has 1 aromatic rings. The lowest BCUT2D eigenvalue weighted by Crippen LogP contribution is -2.35. The minimum absolute atomic E-state index is 0.322. The van der Waals surface area contributed by atoms with Crippen molar-refractivity contribution >= 4 is 0 Å². The summed E-state index contributed by atoms with van der Waals surface area (Å²) in [5.74, 6) is 1.28. The zero-order valence-corrected chi connectivity index (χ0v) is 11.1. The van der Waals surface area contributed by atoms with Gasteiger partial charge in [-0.25, -0.2) is 0 Å². The van der Waals surface area contributed by atoms with E-state index in [0.29, 0.717) is 11.8 Å². The Hall–Kier alpha value is -1.02. The molecule has 1 unspecified atom stereocenters. The summed E-state index contributed by atoms with van der Waals surface area (Å²) < 4.78 is 0. The number of likely N-dealkylation sites (tertiary alicyclic amines) is 1. The van der Waals surface area contributed by atoms with E-state index in [1.807, 2.05) is 12.1 Å². The van der Waals surface area contributed by atoms with Crippen molar-refractivity contribution in [1.82, 2.24) is 4.90 Å². The van der Waals surface area contributed by atoms with Gasteiger partial charge in [0, 0.05) is 11.6 Å². The van der Waals surface area contributed by atoms with E-state index in [-0.39, 0.29) is 0 Å². The van der Waals surface area contributed by atoms with Gasteiger partial charge < -0.3 is 5.11 Å². The lowest BCUT2D eigenvalue weighted by atomic mass is 9.95. The monoisotopic (exact) mass is 233 g/mol. The zero-order valence-electron chi connectivity index (χ0n) is 11.1. The molecule has 2 rings (SSSR count). The van der Waals surface area contributed by atoms with Gasteiger partial charge in [-0.2, -0.15) is 0 Å². The van der Waals surface area contributed by atoms with Crippen molar-refractivity contribution in [2.75, 3.05) is 13.1 Å². The molecule has 1 fully saturated rings. The first kappa shape index (κ1) is 12.4. The zero-order chi connectivity index (χ0) is 12.4. The average molecular weight is 233 g/mol. The van der Waals surface area contributed by atoms with Crippen LogP contribution in [0.4, 0.5) is 0 Å². The Balaban J connectivity index is 2.13. The number of piperidine rings is 1. The summed E-state index contributed by atoms with van der Waals surface area (Å²) in [6, 6.07) is 6.21. The van der Waals surface area contributed by atoms with E-state index in [2.05, 4.69) is 31.7 Å². The van der Waals surface area contributed by atoms with Crippen LogP contribution in [-0.4, -0.2) is 23.1 Å². The van der Waals surface area contributed by atoms with Crippen molar-refractivity contribution in [1.29, 1.82) is 0 Å². The first-order chi connectivity index (χ1) is 8.08. The minimum atomic E-state index is 0.322. The van der Waals surface area contributed by atoms with E-state index >= 15 is 0 Å². The summed E-state index contributed by atoms with van der Waals surface area (Å²) in [5, 5.41) is 9.96. The van der Waals surface area contributed by atoms with Crippen LogP contribution >= 0.6 is 0 Å². The summed E-state index contributed by atoms with van der Waals surface area (Å²) in [6.45, 7) is 8.90. The van der Waals surface area contributed by atoms with Gasteiger partial charge in [0.1, 0.15) is 5.75 Å². The third-order valence-corrected chi connectivity index (χ3v) is 4.00. The van der Waals surface area contributed by atoms with Crippen LogP contribution in [0.15, 0.2) is 18.2 Å². The van der Waals surface area contributed by atoms with Crippen LogP contribution in [-0.2, 0) is 0 Å². The van der Waals surface area contributed by atoms with Crippen LogP contribution in [0.3, 0.4) is 0 Å². The Kier molecular flexibility index (Phi) is 3.72. The van der Waals surface area contributed by atoms with Crippen LogP contribution in [0.25, 0.3) is 0 Å². The van der Waals surface area contributed by atoms with E-state index in [1.54, 1.807) is 0 Å². The Morgan fingerprint density at radius 3 is 2.59 bits per heavy atom. The summed E-state index contributed by atoms with van der Waals surface area (Å²) in [6.07, 6.45) is 2.55. The SMILES string of the molecule is Cc1ccc(O)c(C(C)N2CCC(C)CC2)c1. The van der Waals surface area contributed by atoms with Crippen molar-refractivity contribution in [3.05, 3.63) is 29.3 Å². The standard InChI is InChI=1S/C15H23NO/c1-11-6-8-16(9-7-11)13(3)14-10-12(2)4-5-15(14)17/h4-5,10-11,13,17H,6-9H2,1-3H3. The topological polar surface area (TPSA) is 23.5 Å². The predicted molar refractivity (Wildman–Crippen MR) is 71.2 cm³/mol. The first-order valence-corrected chi connectivity index (χ1v) is 6.61. The molecule has 2 nitrogen and oxygen atoms in total. The summed E-state index contributed by atoms with van der Waals surface area (Å²) in [4.78, 5) is 2.48. The van der Waals surface area contributed by atoms with Gasteiger partial charge in [0.05, 0.1) is 0 Å². The molecule has 2 heteroatoms. The molecule has 1 atom stereocenters. The van der Waals surface area contributed by atoms with Gasteiger partial charge >= 0.3 is 0 Å². The molecule has 1 aliphatic rings. The van der Waals surface area contributed by atoms with Crippen molar-refractivity contribution in [3.63, 3.8) is 0 Å². The molecule has 1 heterocycles. The predicted octanol–water partition coefficient (Wildman–Crippen LogP) is 3.49. The van der Waals surface area contributed by atoms with E-state index in [1.165, 1.54) is 18.4 Å². The van der Waals surface area contributed by atoms with Crippen LogP contribution < -0.4 is 0 Å². The quantitative estimate of drug-likeness (QED) is 0.845. The molecular formula is C15H23NO. The maximum absolute atomic E-state index is 9.96. The number of nitrogens with zero attached hydrogens (tertiary/aromatic N) is 1. The van der Waals surface area contributed by atoms with Crippen molar-refractivity contribution in [2.24, 2.45) is 5.92 Å². The van der Waals surface area contributed by atoms with Crippen LogP contribution in [0.2, 0.25) is 0 Å². The van der Waals surface area contributed by atoms with Gasteiger partial charge in [0.25, 0.3) is 0 Å². The Morgan fingerprint density at radius 2 is 1.94 bits per heavy atom. The second kappa shape index (κ2) is 5.09. The molecule has 1 N–H and O–H groups in total. The van der Waals surface area contributed by atoms with Gasteiger partial charge in [0.2, 0.25) is 0 Å². The van der Waals surface area contributed by atoms with Gasteiger partial charge in [0.15, 0.2) is 0 Å². The number of hydrogen-bond donors (Lipinski definition) is 1. The summed E-state index contributed by atoms with van der Waals surface area (Å²) in [7, 11) is 0. The van der Waals surface area contributed by atoms with E-state index in [9.17, 15) is 5.11 Å². The maximum atomic E-state index is 9.96. The molecule has 0 bridgehead atoms. The fourth-order valence-corrected chi connectivity index (χ4v) is 2.62. The largest absolute Gasteiger partial charge is 0.508 e. The highest BCUT2D eigenvalue weighted by Gasteiger charge is 2.22. The molecule has 0 saturated carbocycles. The van der Waals surface area contributed by atoms with Crippen LogP contribution in [0.5, 0.6) is 5.75 Å². The first-order valence-electron chi connectivity index (χ1n) is 6.61. The van der Waals surface area contributed by atoms with Gasteiger partial charge in [-0.15, -0.1) is 0 Å². The Morgan fingerprint density at radius 1 is 1.29 bits per heavy atom. The normalized spacial score (nSPS) is 20.4. The minimum Gasteiger partial charge on any atom is -0.508 e. The number of aromatic hydroxyl groups is 1. The van der Waals surface area contributed by atoms with E-state index in [4.69, 9.17) is 0 Å². The summed E-state index contributed by atoms with van der Waals surface area (Å²) >= 11 is 0. The lowest BCUT2D eigenvalue weighted by Gasteiger charge is -2.35. The molecule has 0 aromatic heterocycles. The highest BCUT2D eigenvalue weighted by atomic mass is 16.3. The van der Waals surface area contributed by atoms with Crippen molar-refractivity contribution in [3.8, 4) is 5.75 Å². The molecule has 1 aliphatic heterocycles. The highest BCUT2D eigenvalue weighted by Crippen LogP contribution is 2.31. The smallest absolute Gasteiger partial charge is 0.120 e. The number of phenols is 1. The summed E-state index contributed by atoms with van der Waals surface area (Å²) in [5.41, 5.74) is 2.29. The average Bonchev–Trinajstić information content (AvgIpc) is 2.32. The van der Waals surface area contributed by atoms with Crippen molar-refractivity contribution in [2.45, 2.75) is 39.7 Å². The molecule has 0 amide bonds. The molecule has 94 valence electrons. The van der Waals surface area contributed by atoms with Gasteiger partial charge in [-0.3, -0.25) is 4.90 Å². The Labute approximate surface area is 104 Å². The molecule has 17 heavy (non-hydrogen) atoms. The van der Waals surface area contributed by atoms with E-state index in [0.717, 1.165) is 24.6 Å². The van der Waals surface area contributed by atoms with Crippen LogP contribution in [0.1, 0.15) is 43.9 Å². The van der Waals surface area contributed by atoms with Gasteiger partial charge in [-0.1, -0.05) is 24.6 Å². The second-order valence-electron chi connectivity index (χ2n) is 5.46. The second-order valence-corrected chi connectivity index (χ2v) is 5.46. The highest BCUT2D eigenvalue weighted by molar-refractivity contribution is 5.37. The molecule has 0 spiro atoms. The third kappa shape index (κ3) is 2.81. The fraction of sp³-hybridized carbons (Fsp3) is 0.600.